The number of rotatable bonds is 5. The molecule has 0 saturated heterocycles. The molecule has 0 aromatic heterocycles. The van der Waals surface area contributed by atoms with Crippen molar-refractivity contribution in [3.63, 3.8) is 0 Å². The Balaban J connectivity index is 2.96. The third-order valence-electron chi connectivity index (χ3n) is 2.37. The van der Waals surface area contributed by atoms with E-state index in [0.717, 1.165) is 5.76 Å². The molecule has 1 nitrogen and oxygen atoms in total. The molecule has 0 unspecified atom stereocenters. The van der Waals surface area contributed by atoms with Crippen LogP contribution in [0.2, 0.25) is 45.3 Å². The van der Waals surface area contributed by atoms with Crippen molar-refractivity contribution in [3.05, 3.63) is 42.0 Å². The van der Waals surface area contributed by atoms with Gasteiger partial charge in [0.1, 0.15) is 5.76 Å². The van der Waals surface area contributed by atoms with E-state index >= 15 is 0 Å². The van der Waals surface area contributed by atoms with Crippen molar-refractivity contribution in [2.45, 2.75) is 45.3 Å². The average Bonchev–Trinajstić information content (AvgIpc) is 2.23. The van der Waals surface area contributed by atoms with Crippen LogP contribution in [0.1, 0.15) is 5.56 Å². The molecule has 0 amide bonds. The standard InChI is InChI=1S/C15H26OSi2/c1-17(2,3)13-12-15(16-18(4,5)6)14-10-8-7-9-11-14/h7-12H,13H2,1-6H3/b15-12-. The van der Waals surface area contributed by atoms with Crippen LogP contribution in [0.4, 0.5) is 0 Å². The lowest BCUT2D eigenvalue weighted by molar-refractivity contribution is 0.513. The molecule has 1 aromatic rings. The molecule has 0 aliphatic rings. The summed E-state index contributed by atoms with van der Waals surface area (Å²) in [5, 5.41) is 0. The van der Waals surface area contributed by atoms with Crippen molar-refractivity contribution in [3.8, 4) is 0 Å². The van der Waals surface area contributed by atoms with Gasteiger partial charge in [-0.05, 0) is 31.8 Å². The van der Waals surface area contributed by atoms with Gasteiger partial charge in [-0.25, -0.2) is 0 Å². The van der Waals surface area contributed by atoms with Gasteiger partial charge in [0.2, 0.25) is 8.32 Å². The summed E-state index contributed by atoms with van der Waals surface area (Å²) in [6.07, 6.45) is 2.31. The smallest absolute Gasteiger partial charge is 0.242 e. The van der Waals surface area contributed by atoms with E-state index in [0.29, 0.717) is 0 Å². The molecule has 0 saturated carbocycles. The Bertz CT molecular complexity index is 397. The first-order valence-corrected chi connectivity index (χ1v) is 13.7. The third-order valence-corrected chi connectivity index (χ3v) is 4.64. The highest BCUT2D eigenvalue weighted by Gasteiger charge is 2.19. The van der Waals surface area contributed by atoms with Gasteiger partial charge in [0.05, 0.1) is 0 Å². The summed E-state index contributed by atoms with van der Waals surface area (Å²) in [7, 11) is -2.62. The van der Waals surface area contributed by atoms with E-state index < -0.39 is 16.4 Å². The van der Waals surface area contributed by atoms with Gasteiger partial charge in [0, 0.05) is 13.6 Å². The monoisotopic (exact) mass is 278 g/mol. The van der Waals surface area contributed by atoms with Crippen LogP contribution in [0.25, 0.3) is 5.76 Å². The molecule has 0 fully saturated rings. The van der Waals surface area contributed by atoms with Gasteiger partial charge in [0.15, 0.2) is 0 Å². The summed E-state index contributed by atoms with van der Waals surface area (Å²) in [6.45, 7) is 13.9. The molecule has 0 aliphatic heterocycles. The molecular formula is C15H26OSi2. The lowest BCUT2D eigenvalue weighted by atomic mass is 10.2. The summed E-state index contributed by atoms with van der Waals surface area (Å²) >= 11 is 0. The molecule has 0 radical (unpaired) electrons. The van der Waals surface area contributed by atoms with Gasteiger partial charge in [-0.15, -0.1) is 0 Å². The molecular weight excluding hydrogens is 252 g/mol. The van der Waals surface area contributed by atoms with Crippen LogP contribution in [-0.2, 0) is 4.43 Å². The zero-order chi connectivity index (χ0) is 13.8. The van der Waals surface area contributed by atoms with Gasteiger partial charge in [0.25, 0.3) is 0 Å². The fourth-order valence-electron chi connectivity index (χ4n) is 1.55. The third kappa shape index (κ3) is 6.21. The Hall–Kier alpha value is -0.806. The molecule has 1 rings (SSSR count). The Morgan fingerprint density at radius 2 is 1.56 bits per heavy atom. The van der Waals surface area contributed by atoms with Gasteiger partial charge >= 0.3 is 0 Å². The maximum atomic E-state index is 6.24. The second-order valence-electron chi connectivity index (χ2n) is 6.91. The second kappa shape index (κ2) is 5.89. The first kappa shape index (κ1) is 15.3. The van der Waals surface area contributed by atoms with Crippen molar-refractivity contribution in [1.82, 2.24) is 0 Å². The maximum Gasteiger partial charge on any atom is 0.242 e. The van der Waals surface area contributed by atoms with Crippen molar-refractivity contribution >= 4 is 22.2 Å². The lowest BCUT2D eigenvalue weighted by Gasteiger charge is -2.23. The predicted octanol–water partition coefficient (Wildman–Crippen LogP) is 5.22. The number of hydrogen-bond acceptors (Lipinski definition) is 1. The van der Waals surface area contributed by atoms with Gasteiger partial charge < -0.3 is 4.43 Å². The van der Waals surface area contributed by atoms with E-state index in [1.165, 1.54) is 11.6 Å². The Morgan fingerprint density at radius 3 is 2.00 bits per heavy atom. The van der Waals surface area contributed by atoms with Crippen LogP contribution in [0, 0.1) is 0 Å². The van der Waals surface area contributed by atoms with Crippen LogP contribution in [0.5, 0.6) is 0 Å². The summed E-state index contributed by atoms with van der Waals surface area (Å²) in [5.41, 5.74) is 1.21. The summed E-state index contributed by atoms with van der Waals surface area (Å²) < 4.78 is 6.24. The molecule has 0 atom stereocenters. The second-order valence-corrected chi connectivity index (χ2v) is 16.9. The number of allylic oxidation sites excluding steroid dienone is 1. The van der Waals surface area contributed by atoms with Crippen LogP contribution < -0.4 is 0 Å². The first-order valence-electron chi connectivity index (χ1n) is 6.62. The van der Waals surface area contributed by atoms with Gasteiger partial charge in [-0.1, -0.05) is 50.0 Å². The fraction of sp³-hybridized carbons (Fsp3) is 0.467. The molecule has 1 aromatic carbocycles. The number of benzene rings is 1. The minimum atomic E-state index is -1.55. The van der Waals surface area contributed by atoms with Crippen LogP contribution in [0.15, 0.2) is 36.4 Å². The van der Waals surface area contributed by atoms with Crippen LogP contribution >= 0.6 is 0 Å². The molecule has 0 heterocycles. The van der Waals surface area contributed by atoms with Crippen molar-refractivity contribution in [2.24, 2.45) is 0 Å². The first-order chi connectivity index (χ1) is 8.17. The molecule has 0 spiro atoms. The molecule has 3 heteroatoms. The summed E-state index contributed by atoms with van der Waals surface area (Å²) in [4.78, 5) is 0. The molecule has 100 valence electrons. The summed E-state index contributed by atoms with van der Waals surface area (Å²) in [6, 6.07) is 11.6. The normalized spacial score (nSPS) is 13.6. The maximum absolute atomic E-state index is 6.24. The van der Waals surface area contributed by atoms with E-state index in [1.54, 1.807) is 0 Å². The highest BCUT2D eigenvalue weighted by molar-refractivity contribution is 6.76. The SMILES string of the molecule is C[Si](C)(C)C/C=C(\O[Si](C)(C)C)c1ccccc1. The molecule has 18 heavy (non-hydrogen) atoms. The van der Waals surface area contributed by atoms with Gasteiger partial charge in [-0.3, -0.25) is 0 Å². The largest absolute Gasteiger partial charge is 0.544 e. The molecule has 0 aliphatic carbocycles. The highest BCUT2D eigenvalue weighted by Crippen LogP contribution is 2.23. The molecule has 0 bridgehead atoms. The van der Waals surface area contributed by atoms with E-state index in [-0.39, 0.29) is 0 Å². The molecule has 0 N–H and O–H groups in total. The lowest BCUT2D eigenvalue weighted by Crippen LogP contribution is -2.25. The zero-order valence-electron chi connectivity index (χ0n) is 12.6. The van der Waals surface area contributed by atoms with Crippen LogP contribution in [-0.4, -0.2) is 16.4 Å². The van der Waals surface area contributed by atoms with Crippen molar-refractivity contribution in [2.75, 3.05) is 0 Å². The average molecular weight is 279 g/mol. The van der Waals surface area contributed by atoms with Gasteiger partial charge in [-0.2, -0.15) is 0 Å². The van der Waals surface area contributed by atoms with E-state index in [1.807, 2.05) is 6.07 Å². The van der Waals surface area contributed by atoms with Crippen LogP contribution in [0.3, 0.4) is 0 Å². The Morgan fingerprint density at radius 1 is 1.00 bits per heavy atom. The highest BCUT2D eigenvalue weighted by atomic mass is 28.4. The Labute approximate surface area is 114 Å². The van der Waals surface area contributed by atoms with E-state index in [4.69, 9.17) is 4.43 Å². The van der Waals surface area contributed by atoms with E-state index in [2.05, 4.69) is 69.6 Å². The zero-order valence-corrected chi connectivity index (χ0v) is 14.6. The van der Waals surface area contributed by atoms with Crippen molar-refractivity contribution < 1.29 is 4.43 Å². The topological polar surface area (TPSA) is 9.23 Å². The Kier molecular flexibility index (Phi) is 4.99. The minimum Gasteiger partial charge on any atom is -0.544 e. The predicted molar refractivity (Wildman–Crippen MR) is 87.0 cm³/mol. The minimum absolute atomic E-state index is 1.07. The van der Waals surface area contributed by atoms with Crippen molar-refractivity contribution in [1.29, 1.82) is 0 Å². The number of hydrogen-bond donors (Lipinski definition) is 0. The summed E-state index contributed by atoms with van der Waals surface area (Å²) in [5.74, 6) is 1.08. The van der Waals surface area contributed by atoms with E-state index in [9.17, 15) is 0 Å². The fourth-order valence-corrected chi connectivity index (χ4v) is 3.21. The quantitative estimate of drug-likeness (QED) is 0.530.